The summed E-state index contributed by atoms with van der Waals surface area (Å²) in [4.78, 5) is 8.60. The van der Waals surface area contributed by atoms with Crippen molar-refractivity contribution in [2.45, 2.75) is 0 Å². The number of ether oxygens (including phenoxy) is 2. The first-order chi connectivity index (χ1) is 11.8. The fraction of sp³-hybridized carbons (Fsp3) is 0.0556. The van der Waals surface area contributed by atoms with Crippen molar-refractivity contribution in [3.63, 3.8) is 0 Å². The van der Waals surface area contributed by atoms with Crippen LogP contribution in [0.4, 0.5) is 5.82 Å². The third kappa shape index (κ3) is 2.29. The second-order valence-electron chi connectivity index (χ2n) is 5.21. The van der Waals surface area contributed by atoms with Crippen LogP contribution >= 0.6 is 0 Å². The predicted molar refractivity (Wildman–Crippen MR) is 88.2 cm³/mol. The Morgan fingerprint density at radius 2 is 1.92 bits per heavy atom. The molecule has 4 rings (SSSR count). The van der Waals surface area contributed by atoms with Crippen LogP contribution in [0.5, 0.6) is 11.5 Å². The van der Waals surface area contributed by atoms with Crippen LogP contribution in [0.1, 0.15) is 5.56 Å². The second-order valence-corrected chi connectivity index (χ2v) is 5.21. The molecule has 0 spiro atoms. The minimum atomic E-state index is 0.174. The van der Waals surface area contributed by atoms with Crippen molar-refractivity contribution in [1.82, 2.24) is 9.97 Å². The number of hydrogen-bond acceptors (Lipinski definition) is 6. The highest BCUT2D eigenvalue weighted by atomic mass is 16.7. The number of nitriles is 1. The van der Waals surface area contributed by atoms with Crippen molar-refractivity contribution in [2.75, 3.05) is 12.5 Å². The Morgan fingerprint density at radius 1 is 1.04 bits per heavy atom. The van der Waals surface area contributed by atoms with Crippen molar-refractivity contribution >= 4 is 5.82 Å². The van der Waals surface area contributed by atoms with E-state index < -0.39 is 0 Å². The number of benzene rings is 1. The summed E-state index contributed by atoms with van der Waals surface area (Å²) in [5.41, 5.74) is 9.12. The van der Waals surface area contributed by atoms with Crippen LogP contribution in [0.2, 0.25) is 0 Å². The van der Waals surface area contributed by atoms with Gasteiger partial charge in [-0.1, -0.05) is 12.1 Å². The molecule has 0 amide bonds. The van der Waals surface area contributed by atoms with Gasteiger partial charge in [0.2, 0.25) is 6.79 Å². The lowest BCUT2D eigenvalue weighted by atomic mass is 9.99. The zero-order chi connectivity index (χ0) is 16.5. The Morgan fingerprint density at radius 3 is 2.71 bits per heavy atom. The van der Waals surface area contributed by atoms with Gasteiger partial charge in [0.25, 0.3) is 0 Å². The van der Waals surface area contributed by atoms with Crippen LogP contribution in [0.25, 0.3) is 22.5 Å². The number of hydrogen-bond donors (Lipinski definition) is 1. The molecule has 6 nitrogen and oxygen atoms in total. The number of nitrogen functional groups attached to an aromatic ring is 1. The number of fused-ring (bicyclic) bond motifs is 1. The van der Waals surface area contributed by atoms with Crippen molar-refractivity contribution in [3.05, 3.63) is 54.2 Å². The SMILES string of the molecule is N#Cc1c(-c2ccc3c(c2)OCO3)cc(-c2ccccn2)nc1N. The number of nitrogens with zero attached hydrogens (tertiary/aromatic N) is 3. The standard InChI is InChI=1S/C18H12N4O2/c19-9-13-12(11-4-5-16-17(7-11)24-10-23-16)8-15(22-18(13)20)14-3-1-2-6-21-14/h1-8H,10H2,(H2,20,22). The molecule has 0 saturated carbocycles. The molecule has 6 heteroatoms. The summed E-state index contributed by atoms with van der Waals surface area (Å²) < 4.78 is 10.7. The average Bonchev–Trinajstić information content (AvgIpc) is 3.09. The Balaban J connectivity index is 1.91. The zero-order valence-corrected chi connectivity index (χ0v) is 12.6. The fourth-order valence-corrected chi connectivity index (χ4v) is 2.62. The van der Waals surface area contributed by atoms with E-state index in [1.165, 1.54) is 0 Å². The van der Waals surface area contributed by atoms with Gasteiger partial charge in [0, 0.05) is 11.8 Å². The summed E-state index contributed by atoms with van der Waals surface area (Å²) in [5, 5.41) is 9.47. The summed E-state index contributed by atoms with van der Waals surface area (Å²) >= 11 is 0. The highest BCUT2D eigenvalue weighted by molar-refractivity contribution is 5.80. The summed E-state index contributed by atoms with van der Waals surface area (Å²) in [6, 6.07) is 15.0. The molecule has 0 aliphatic carbocycles. The number of anilines is 1. The number of rotatable bonds is 2. The van der Waals surface area contributed by atoms with E-state index in [1.54, 1.807) is 6.20 Å². The van der Waals surface area contributed by atoms with E-state index in [-0.39, 0.29) is 12.6 Å². The maximum absolute atomic E-state index is 9.47. The molecule has 3 heterocycles. The smallest absolute Gasteiger partial charge is 0.231 e. The lowest BCUT2D eigenvalue weighted by Crippen LogP contribution is -2.00. The predicted octanol–water partition coefficient (Wildman–Crippen LogP) is 2.99. The van der Waals surface area contributed by atoms with E-state index >= 15 is 0 Å². The molecule has 0 unspecified atom stereocenters. The van der Waals surface area contributed by atoms with Crippen LogP contribution in [-0.4, -0.2) is 16.8 Å². The van der Waals surface area contributed by atoms with Gasteiger partial charge >= 0.3 is 0 Å². The first-order valence-electron chi connectivity index (χ1n) is 7.28. The van der Waals surface area contributed by atoms with Crippen molar-refractivity contribution in [3.8, 4) is 40.1 Å². The van der Waals surface area contributed by atoms with E-state index in [9.17, 15) is 5.26 Å². The van der Waals surface area contributed by atoms with Gasteiger partial charge in [-0.15, -0.1) is 0 Å². The Hall–Kier alpha value is -3.59. The topological polar surface area (TPSA) is 94.0 Å². The van der Waals surface area contributed by atoms with Gasteiger partial charge < -0.3 is 15.2 Å². The fourth-order valence-electron chi connectivity index (χ4n) is 2.62. The Kier molecular flexibility index (Phi) is 3.25. The molecular formula is C18H12N4O2. The first kappa shape index (κ1) is 14.0. The minimum Gasteiger partial charge on any atom is -0.454 e. The molecule has 0 bridgehead atoms. The van der Waals surface area contributed by atoms with E-state index in [1.807, 2.05) is 42.5 Å². The minimum absolute atomic E-state index is 0.174. The summed E-state index contributed by atoms with van der Waals surface area (Å²) in [5.74, 6) is 1.50. The maximum atomic E-state index is 9.47. The lowest BCUT2D eigenvalue weighted by Gasteiger charge is -2.10. The molecule has 0 atom stereocenters. The molecule has 1 aliphatic heterocycles. The normalized spacial score (nSPS) is 12.0. The highest BCUT2D eigenvalue weighted by Crippen LogP contribution is 2.38. The molecule has 0 fully saturated rings. The molecular weight excluding hydrogens is 304 g/mol. The molecule has 2 N–H and O–H groups in total. The van der Waals surface area contributed by atoms with Crippen LogP contribution in [0.3, 0.4) is 0 Å². The second kappa shape index (κ2) is 5.56. The van der Waals surface area contributed by atoms with Gasteiger partial charge in [-0.05, 0) is 35.9 Å². The highest BCUT2D eigenvalue weighted by Gasteiger charge is 2.18. The largest absolute Gasteiger partial charge is 0.454 e. The monoisotopic (exact) mass is 316 g/mol. The van der Waals surface area contributed by atoms with Crippen LogP contribution in [-0.2, 0) is 0 Å². The number of nitrogens with two attached hydrogens (primary N) is 1. The van der Waals surface area contributed by atoms with Crippen LogP contribution in [0.15, 0.2) is 48.7 Å². The van der Waals surface area contributed by atoms with Gasteiger partial charge in [0.15, 0.2) is 11.5 Å². The Labute approximate surface area is 138 Å². The van der Waals surface area contributed by atoms with Crippen LogP contribution in [0, 0.1) is 11.3 Å². The van der Waals surface area contributed by atoms with E-state index in [0.29, 0.717) is 34.0 Å². The molecule has 0 radical (unpaired) electrons. The van der Waals surface area contributed by atoms with Gasteiger partial charge in [-0.3, -0.25) is 4.98 Å². The van der Waals surface area contributed by atoms with Gasteiger partial charge in [0.1, 0.15) is 17.5 Å². The van der Waals surface area contributed by atoms with E-state index in [0.717, 1.165) is 5.56 Å². The maximum Gasteiger partial charge on any atom is 0.231 e. The molecule has 2 aromatic heterocycles. The molecule has 1 aromatic carbocycles. The summed E-state index contributed by atoms with van der Waals surface area (Å²) in [6.45, 7) is 0.196. The summed E-state index contributed by atoms with van der Waals surface area (Å²) in [6.07, 6.45) is 1.69. The van der Waals surface area contributed by atoms with Crippen molar-refractivity contribution in [2.24, 2.45) is 0 Å². The number of pyridine rings is 2. The molecule has 0 saturated heterocycles. The van der Waals surface area contributed by atoms with Crippen molar-refractivity contribution in [1.29, 1.82) is 5.26 Å². The van der Waals surface area contributed by atoms with E-state index in [2.05, 4.69) is 16.0 Å². The molecule has 116 valence electrons. The summed E-state index contributed by atoms with van der Waals surface area (Å²) in [7, 11) is 0. The quantitative estimate of drug-likeness (QED) is 0.781. The third-order valence-electron chi connectivity index (χ3n) is 3.77. The molecule has 1 aliphatic rings. The van der Waals surface area contributed by atoms with Gasteiger partial charge in [0.05, 0.1) is 11.4 Å². The van der Waals surface area contributed by atoms with E-state index in [4.69, 9.17) is 15.2 Å². The molecule has 24 heavy (non-hydrogen) atoms. The third-order valence-corrected chi connectivity index (χ3v) is 3.77. The zero-order valence-electron chi connectivity index (χ0n) is 12.6. The first-order valence-corrected chi connectivity index (χ1v) is 7.28. The van der Waals surface area contributed by atoms with Gasteiger partial charge in [-0.2, -0.15) is 5.26 Å². The average molecular weight is 316 g/mol. The van der Waals surface area contributed by atoms with Gasteiger partial charge in [-0.25, -0.2) is 4.98 Å². The van der Waals surface area contributed by atoms with Crippen LogP contribution < -0.4 is 15.2 Å². The van der Waals surface area contributed by atoms with Crippen molar-refractivity contribution < 1.29 is 9.47 Å². The Bertz CT molecular complexity index is 965. The molecule has 3 aromatic rings. The lowest BCUT2D eigenvalue weighted by molar-refractivity contribution is 0.174. The number of aromatic nitrogens is 2.